The highest BCUT2D eigenvalue weighted by Gasteiger charge is 2.23. The summed E-state index contributed by atoms with van der Waals surface area (Å²) in [6.07, 6.45) is 1.01. The maximum Gasteiger partial charge on any atom is 0.161 e. The van der Waals surface area contributed by atoms with Crippen molar-refractivity contribution >= 4 is 0 Å². The van der Waals surface area contributed by atoms with E-state index >= 15 is 0 Å². The van der Waals surface area contributed by atoms with Crippen LogP contribution >= 0.6 is 0 Å². The normalized spacial score (nSPS) is 17.2. The van der Waals surface area contributed by atoms with E-state index in [-0.39, 0.29) is 6.04 Å². The Labute approximate surface area is 125 Å². The third-order valence-electron chi connectivity index (χ3n) is 4.11. The maximum absolute atomic E-state index is 5.45. The summed E-state index contributed by atoms with van der Waals surface area (Å²) in [7, 11) is 3.37. The Kier molecular flexibility index (Phi) is 3.84. The number of fused-ring (bicyclic) bond motifs is 1. The molecule has 2 aromatic rings. The molecular formula is C18H21NO2. The zero-order valence-corrected chi connectivity index (χ0v) is 12.8. The Morgan fingerprint density at radius 2 is 1.67 bits per heavy atom. The van der Waals surface area contributed by atoms with Gasteiger partial charge in [-0.15, -0.1) is 0 Å². The fourth-order valence-electron chi connectivity index (χ4n) is 2.94. The molecular weight excluding hydrogens is 262 g/mol. The van der Waals surface area contributed by atoms with E-state index in [1.807, 2.05) is 0 Å². The lowest BCUT2D eigenvalue weighted by Crippen LogP contribution is -2.30. The third kappa shape index (κ3) is 2.61. The van der Waals surface area contributed by atoms with Crippen LogP contribution in [0.15, 0.2) is 36.4 Å². The maximum atomic E-state index is 5.45. The van der Waals surface area contributed by atoms with Gasteiger partial charge < -0.3 is 14.8 Å². The van der Waals surface area contributed by atoms with Crippen molar-refractivity contribution in [2.24, 2.45) is 0 Å². The molecule has 1 aliphatic heterocycles. The molecule has 3 rings (SSSR count). The van der Waals surface area contributed by atoms with Gasteiger partial charge in [0.05, 0.1) is 20.3 Å². The first kappa shape index (κ1) is 14.0. The van der Waals surface area contributed by atoms with E-state index in [1.54, 1.807) is 14.2 Å². The van der Waals surface area contributed by atoms with Crippen LogP contribution in [-0.4, -0.2) is 20.8 Å². The van der Waals surface area contributed by atoms with Crippen molar-refractivity contribution in [1.82, 2.24) is 5.32 Å². The third-order valence-corrected chi connectivity index (χ3v) is 4.11. The van der Waals surface area contributed by atoms with E-state index in [0.29, 0.717) is 0 Å². The highest BCUT2D eigenvalue weighted by molar-refractivity contribution is 5.51. The molecule has 0 saturated heterocycles. The number of hydrogen-bond acceptors (Lipinski definition) is 3. The zero-order valence-electron chi connectivity index (χ0n) is 12.8. The van der Waals surface area contributed by atoms with Gasteiger partial charge in [-0.1, -0.05) is 29.8 Å². The van der Waals surface area contributed by atoms with Gasteiger partial charge >= 0.3 is 0 Å². The topological polar surface area (TPSA) is 30.5 Å². The van der Waals surface area contributed by atoms with Gasteiger partial charge in [-0.25, -0.2) is 0 Å². The highest BCUT2D eigenvalue weighted by Crippen LogP contribution is 2.37. The minimum Gasteiger partial charge on any atom is -0.493 e. The molecule has 0 aromatic heterocycles. The molecule has 0 unspecified atom stereocenters. The van der Waals surface area contributed by atoms with Gasteiger partial charge in [0.25, 0.3) is 0 Å². The minimum atomic E-state index is 0.217. The molecule has 0 radical (unpaired) electrons. The Morgan fingerprint density at radius 3 is 2.33 bits per heavy atom. The molecule has 0 aliphatic carbocycles. The fraction of sp³-hybridized carbons (Fsp3) is 0.333. The average molecular weight is 283 g/mol. The first-order valence-corrected chi connectivity index (χ1v) is 7.27. The zero-order chi connectivity index (χ0) is 14.8. The second-order valence-corrected chi connectivity index (χ2v) is 5.45. The molecule has 0 bridgehead atoms. The Bertz CT molecular complexity index is 634. The second-order valence-electron chi connectivity index (χ2n) is 5.45. The summed E-state index contributed by atoms with van der Waals surface area (Å²) in [5, 5.41) is 3.60. The van der Waals surface area contributed by atoms with E-state index < -0.39 is 0 Å². The lowest BCUT2D eigenvalue weighted by atomic mass is 9.89. The summed E-state index contributed by atoms with van der Waals surface area (Å²) < 4.78 is 10.9. The number of methoxy groups -OCH3 is 2. The molecule has 3 heteroatoms. The number of ether oxygens (including phenoxy) is 2. The first-order chi connectivity index (χ1) is 10.2. The van der Waals surface area contributed by atoms with Gasteiger partial charge in [0.2, 0.25) is 0 Å². The van der Waals surface area contributed by atoms with Gasteiger partial charge in [-0.05, 0) is 42.2 Å². The van der Waals surface area contributed by atoms with Crippen LogP contribution in [0.3, 0.4) is 0 Å². The summed E-state index contributed by atoms with van der Waals surface area (Å²) in [5.74, 6) is 1.60. The summed E-state index contributed by atoms with van der Waals surface area (Å²) in [4.78, 5) is 0. The van der Waals surface area contributed by atoms with Gasteiger partial charge in [-0.2, -0.15) is 0 Å². The Hall–Kier alpha value is -2.00. The average Bonchev–Trinajstić information content (AvgIpc) is 2.53. The molecule has 1 aliphatic rings. The highest BCUT2D eigenvalue weighted by atomic mass is 16.5. The van der Waals surface area contributed by atoms with Crippen LogP contribution in [0.1, 0.15) is 28.3 Å². The minimum absolute atomic E-state index is 0.217. The number of rotatable bonds is 3. The second kappa shape index (κ2) is 5.78. The molecule has 0 fully saturated rings. The number of hydrogen-bond donors (Lipinski definition) is 1. The molecule has 1 atom stereocenters. The molecule has 1 N–H and O–H groups in total. The summed E-state index contributed by atoms with van der Waals surface area (Å²) >= 11 is 0. The molecule has 0 saturated carbocycles. The van der Waals surface area contributed by atoms with E-state index in [4.69, 9.17) is 9.47 Å². The van der Waals surface area contributed by atoms with Crippen LogP contribution < -0.4 is 14.8 Å². The van der Waals surface area contributed by atoms with Crippen molar-refractivity contribution in [2.45, 2.75) is 19.4 Å². The van der Waals surface area contributed by atoms with Crippen LogP contribution in [0, 0.1) is 6.92 Å². The molecule has 1 heterocycles. The van der Waals surface area contributed by atoms with Crippen molar-refractivity contribution < 1.29 is 9.47 Å². The molecule has 2 aromatic carbocycles. The van der Waals surface area contributed by atoms with Crippen molar-refractivity contribution in [3.05, 3.63) is 58.7 Å². The van der Waals surface area contributed by atoms with Gasteiger partial charge in [-0.3, -0.25) is 0 Å². The predicted molar refractivity (Wildman–Crippen MR) is 84.3 cm³/mol. The van der Waals surface area contributed by atoms with Crippen LogP contribution in [0.25, 0.3) is 0 Å². The molecule has 0 spiro atoms. The van der Waals surface area contributed by atoms with E-state index in [9.17, 15) is 0 Å². The van der Waals surface area contributed by atoms with Crippen LogP contribution in [-0.2, 0) is 6.42 Å². The molecule has 3 nitrogen and oxygen atoms in total. The van der Waals surface area contributed by atoms with Crippen LogP contribution in [0.4, 0.5) is 0 Å². The Morgan fingerprint density at radius 1 is 1.00 bits per heavy atom. The lowest BCUT2D eigenvalue weighted by Gasteiger charge is -2.28. The number of benzene rings is 2. The van der Waals surface area contributed by atoms with Crippen LogP contribution in [0.2, 0.25) is 0 Å². The van der Waals surface area contributed by atoms with Gasteiger partial charge in [0.15, 0.2) is 11.5 Å². The monoisotopic (exact) mass is 283 g/mol. The molecule has 21 heavy (non-hydrogen) atoms. The quantitative estimate of drug-likeness (QED) is 0.938. The largest absolute Gasteiger partial charge is 0.493 e. The van der Waals surface area contributed by atoms with E-state index in [0.717, 1.165) is 24.5 Å². The lowest BCUT2D eigenvalue weighted by molar-refractivity contribution is 0.353. The molecule has 110 valence electrons. The Balaban J connectivity index is 2.06. The summed E-state index contributed by atoms with van der Waals surface area (Å²) in [6, 6.07) is 13.1. The SMILES string of the molecule is COc1cc2c(cc1OC)[C@@H](c1ccc(C)cc1)NCC2. The predicted octanol–water partition coefficient (Wildman–Crippen LogP) is 3.25. The summed E-state index contributed by atoms with van der Waals surface area (Å²) in [6.45, 7) is 3.08. The van der Waals surface area contributed by atoms with E-state index in [1.165, 1.54) is 22.3 Å². The number of aryl methyl sites for hydroxylation is 1. The van der Waals surface area contributed by atoms with Crippen molar-refractivity contribution in [2.75, 3.05) is 20.8 Å². The van der Waals surface area contributed by atoms with Gasteiger partial charge in [0.1, 0.15) is 0 Å². The summed E-state index contributed by atoms with van der Waals surface area (Å²) in [5.41, 5.74) is 5.18. The number of nitrogens with one attached hydrogen (secondary N) is 1. The van der Waals surface area contributed by atoms with Crippen molar-refractivity contribution in [3.63, 3.8) is 0 Å². The standard InChI is InChI=1S/C18H21NO2/c1-12-4-6-13(7-5-12)18-15-11-17(21-3)16(20-2)10-14(15)8-9-19-18/h4-7,10-11,18-19H,8-9H2,1-3H3/t18-/m1/s1. The first-order valence-electron chi connectivity index (χ1n) is 7.27. The smallest absolute Gasteiger partial charge is 0.161 e. The van der Waals surface area contributed by atoms with Crippen LogP contribution in [0.5, 0.6) is 11.5 Å². The van der Waals surface area contributed by atoms with Crippen molar-refractivity contribution in [1.29, 1.82) is 0 Å². The van der Waals surface area contributed by atoms with E-state index in [2.05, 4.69) is 48.6 Å². The fourth-order valence-corrected chi connectivity index (χ4v) is 2.94. The molecule has 0 amide bonds. The van der Waals surface area contributed by atoms with Crippen molar-refractivity contribution in [3.8, 4) is 11.5 Å². The van der Waals surface area contributed by atoms with Gasteiger partial charge in [0, 0.05) is 6.54 Å².